The number of ether oxygens (including phenoxy) is 3. The van der Waals surface area contributed by atoms with Gasteiger partial charge in [-0.1, -0.05) is 0 Å². The van der Waals surface area contributed by atoms with Crippen molar-refractivity contribution in [1.82, 2.24) is 0 Å². The number of hydrogen-bond donors (Lipinski definition) is 1. The second-order valence-electron chi connectivity index (χ2n) is 4.68. The molecule has 0 spiro atoms. The Labute approximate surface area is 113 Å². The Kier molecular flexibility index (Phi) is 4.62. The van der Waals surface area contributed by atoms with E-state index in [9.17, 15) is 5.11 Å². The van der Waals surface area contributed by atoms with Crippen LogP contribution < -0.4 is 14.2 Å². The molecule has 0 aromatic heterocycles. The van der Waals surface area contributed by atoms with E-state index in [1.807, 2.05) is 0 Å². The standard InChI is InChI=1S/C14H19NO4/c1-14(2,8-15)13(16)12-10(18-4)6-9(17-3)7-11(12)19-5/h6-7,13,16H,1-5H3. The summed E-state index contributed by atoms with van der Waals surface area (Å²) >= 11 is 0. The number of nitriles is 1. The lowest BCUT2D eigenvalue weighted by molar-refractivity contribution is 0.0813. The minimum Gasteiger partial charge on any atom is -0.496 e. The molecule has 1 rings (SSSR count). The van der Waals surface area contributed by atoms with Gasteiger partial charge in [0.2, 0.25) is 0 Å². The Bertz CT molecular complexity index is 466. The van der Waals surface area contributed by atoms with Crippen molar-refractivity contribution in [2.45, 2.75) is 20.0 Å². The fourth-order valence-corrected chi connectivity index (χ4v) is 1.72. The molecule has 0 amide bonds. The van der Waals surface area contributed by atoms with E-state index in [-0.39, 0.29) is 0 Å². The highest BCUT2D eigenvalue weighted by Gasteiger charge is 2.34. The van der Waals surface area contributed by atoms with Crippen molar-refractivity contribution in [3.05, 3.63) is 17.7 Å². The van der Waals surface area contributed by atoms with Gasteiger partial charge in [-0.25, -0.2) is 0 Å². The summed E-state index contributed by atoms with van der Waals surface area (Å²) in [7, 11) is 4.51. The van der Waals surface area contributed by atoms with Gasteiger partial charge in [0.15, 0.2) is 0 Å². The quantitative estimate of drug-likeness (QED) is 0.884. The van der Waals surface area contributed by atoms with Gasteiger partial charge in [-0.15, -0.1) is 0 Å². The highest BCUT2D eigenvalue weighted by molar-refractivity contribution is 5.52. The van der Waals surface area contributed by atoms with E-state index in [2.05, 4.69) is 6.07 Å². The van der Waals surface area contributed by atoms with Crippen LogP contribution in [0.3, 0.4) is 0 Å². The molecule has 0 fully saturated rings. The van der Waals surface area contributed by atoms with Gasteiger partial charge in [-0.3, -0.25) is 0 Å². The van der Waals surface area contributed by atoms with Crippen LogP contribution in [0.15, 0.2) is 12.1 Å². The maximum Gasteiger partial charge on any atom is 0.132 e. The molecule has 1 atom stereocenters. The molecule has 104 valence electrons. The summed E-state index contributed by atoms with van der Waals surface area (Å²) in [5.74, 6) is 1.40. The number of methoxy groups -OCH3 is 3. The van der Waals surface area contributed by atoms with Crippen molar-refractivity contribution >= 4 is 0 Å². The van der Waals surface area contributed by atoms with Crippen LogP contribution in [0, 0.1) is 16.7 Å². The van der Waals surface area contributed by atoms with E-state index in [1.54, 1.807) is 26.0 Å². The van der Waals surface area contributed by atoms with Crippen LogP contribution in [0.1, 0.15) is 25.5 Å². The molecule has 0 aliphatic heterocycles. The topological polar surface area (TPSA) is 71.7 Å². The molecule has 1 aromatic carbocycles. The van der Waals surface area contributed by atoms with Gasteiger partial charge in [0.1, 0.15) is 23.4 Å². The lowest BCUT2D eigenvalue weighted by Gasteiger charge is -2.26. The maximum absolute atomic E-state index is 10.4. The molecule has 0 radical (unpaired) electrons. The predicted molar refractivity (Wildman–Crippen MR) is 70.5 cm³/mol. The predicted octanol–water partition coefficient (Wildman–Crippen LogP) is 2.30. The number of aliphatic hydroxyl groups is 1. The van der Waals surface area contributed by atoms with Crippen molar-refractivity contribution in [1.29, 1.82) is 5.26 Å². The Morgan fingerprint density at radius 1 is 1.11 bits per heavy atom. The Morgan fingerprint density at radius 2 is 1.58 bits per heavy atom. The first-order valence-electron chi connectivity index (χ1n) is 5.80. The van der Waals surface area contributed by atoms with Gasteiger partial charge in [-0.2, -0.15) is 5.26 Å². The van der Waals surface area contributed by atoms with Crippen molar-refractivity contribution in [2.75, 3.05) is 21.3 Å². The van der Waals surface area contributed by atoms with Crippen LogP contribution in [-0.4, -0.2) is 26.4 Å². The van der Waals surface area contributed by atoms with Gasteiger partial charge < -0.3 is 19.3 Å². The molecule has 0 aliphatic carbocycles. The molecular formula is C14H19NO4. The second-order valence-corrected chi connectivity index (χ2v) is 4.68. The summed E-state index contributed by atoms with van der Waals surface area (Å²) in [5.41, 5.74) is -0.521. The molecule has 0 heterocycles. The molecule has 1 aromatic rings. The summed E-state index contributed by atoms with van der Waals surface area (Å²) in [6, 6.07) is 5.37. The number of nitrogens with zero attached hydrogens (tertiary/aromatic N) is 1. The Morgan fingerprint density at radius 3 is 1.89 bits per heavy atom. The molecular weight excluding hydrogens is 246 g/mol. The smallest absolute Gasteiger partial charge is 0.132 e. The first kappa shape index (κ1) is 15.1. The van der Waals surface area contributed by atoms with E-state index >= 15 is 0 Å². The molecule has 1 unspecified atom stereocenters. The van der Waals surface area contributed by atoms with Gasteiger partial charge in [0.05, 0.1) is 38.4 Å². The van der Waals surface area contributed by atoms with Crippen LogP contribution in [0.4, 0.5) is 0 Å². The monoisotopic (exact) mass is 265 g/mol. The molecule has 1 N–H and O–H groups in total. The van der Waals surface area contributed by atoms with Crippen LogP contribution in [0.5, 0.6) is 17.2 Å². The van der Waals surface area contributed by atoms with Gasteiger partial charge in [0, 0.05) is 12.1 Å². The second kappa shape index (κ2) is 5.81. The fraction of sp³-hybridized carbons (Fsp3) is 0.500. The molecule has 0 aliphatic rings. The van der Waals surface area contributed by atoms with Crippen molar-refractivity contribution < 1.29 is 19.3 Å². The summed E-state index contributed by atoms with van der Waals surface area (Å²) < 4.78 is 15.7. The van der Waals surface area contributed by atoms with Gasteiger partial charge in [-0.05, 0) is 13.8 Å². The first-order valence-corrected chi connectivity index (χ1v) is 5.80. The maximum atomic E-state index is 10.4. The first-order chi connectivity index (χ1) is 8.91. The summed E-state index contributed by atoms with van der Waals surface area (Å²) in [4.78, 5) is 0. The minimum absolute atomic E-state index is 0.423. The SMILES string of the molecule is COc1cc(OC)c(C(O)C(C)(C)C#N)c(OC)c1. The third kappa shape index (κ3) is 2.91. The number of rotatable bonds is 5. The minimum atomic E-state index is -1.03. The van der Waals surface area contributed by atoms with Crippen molar-refractivity contribution in [3.63, 3.8) is 0 Å². The molecule has 19 heavy (non-hydrogen) atoms. The van der Waals surface area contributed by atoms with Crippen LogP contribution >= 0.6 is 0 Å². The molecule has 5 heteroatoms. The molecule has 0 bridgehead atoms. The lowest BCUT2D eigenvalue weighted by Crippen LogP contribution is -2.21. The number of aliphatic hydroxyl groups excluding tert-OH is 1. The highest BCUT2D eigenvalue weighted by atomic mass is 16.5. The summed E-state index contributed by atoms with van der Waals surface area (Å²) in [6.45, 7) is 3.31. The average molecular weight is 265 g/mol. The van der Waals surface area contributed by atoms with Crippen LogP contribution in [0.2, 0.25) is 0 Å². The zero-order valence-electron chi connectivity index (χ0n) is 11.9. The molecule has 0 saturated heterocycles. The zero-order valence-corrected chi connectivity index (χ0v) is 11.9. The van der Waals surface area contributed by atoms with Crippen LogP contribution in [0.25, 0.3) is 0 Å². The number of benzene rings is 1. The Balaban J connectivity index is 3.45. The summed E-state index contributed by atoms with van der Waals surface area (Å²) in [5, 5.41) is 19.5. The highest BCUT2D eigenvalue weighted by Crippen LogP contribution is 2.44. The summed E-state index contributed by atoms with van der Waals surface area (Å²) in [6.07, 6.45) is -1.03. The lowest BCUT2D eigenvalue weighted by atomic mass is 9.83. The van der Waals surface area contributed by atoms with Crippen LogP contribution in [-0.2, 0) is 0 Å². The fourth-order valence-electron chi connectivity index (χ4n) is 1.72. The number of hydrogen-bond acceptors (Lipinski definition) is 5. The van der Waals surface area contributed by atoms with E-state index in [0.29, 0.717) is 22.8 Å². The molecule has 5 nitrogen and oxygen atoms in total. The van der Waals surface area contributed by atoms with Crippen molar-refractivity contribution in [2.24, 2.45) is 5.41 Å². The van der Waals surface area contributed by atoms with E-state index in [4.69, 9.17) is 19.5 Å². The third-order valence-corrected chi connectivity index (χ3v) is 3.00. The van der Waals surface area contributed by atoms with Gasteiger partial charge >= 0.3 is 0 Å². The Hall–Kier alpha value is -1.93. The average Bonchev–Trinajstić information content (AvgIpc) is 2.44. The zero-order chi connectivity index (χ0) is 14.6. The normalized spacial score (nSPS) is 12.5. The third-order valence-electron chi connectivity index (χ3n) is 3.00. The molecule has 0 saturated carbocycles. The van der Waals surface area contributed by atoms with E-state index in [1.165, 1.54) is 21.3 Å². The van der Waals surface area contributed by atoms with Crippen molar-refractivity contribution in [3.8, 4) is 23.3 Å². The largest absolute Gasteiger partial charge is 0.496 e. The van der Waals surface area contributed by atoms with E-state index < -0.39 is 11.5 Å². The van der Waals surface area contributed by atoms with E-state index in [0.717, 1.165) is 0 Å². The van der Waals surface area contributed by atoms with Gasteiger partial charge in [0.25, 0.3) is 0 Å².